The van der Waals surface area contributed by atoms with Gasteiger partial charge in [0.05, 0.1) is 0 Å². The Bertz CT molecular complexity index is 644. The largest absolute Gasteiger partial charge is 0.322 e. The standard InChI is InChI=1S/C19H23NO/c1-5-15-7-6-8-16(12-15)19(21)20-17-9-10-18(13(2)3)14(4)11-17/h6-13H,5H2,1-4H3,(H,20,21). The number of aryl methyl sites for hydroxylation is 2. The van der Waals surface area contributed by atoms with Crippen LogP contribution in [0.4, 0.5) is 5.69 Å². The molecule has 0 aliphatic carbocycles. The topological polar surface area (TPSA) is 29.1 Å². The van der Waals surface area contributed by atoms with Crippen LogP contribution in [0.5, 0.6) is 0 Å². The summed E-state index contributed by atoms with van der Waals surface area (Å²) in [6.45, 7) is 8.53. The average molecular weight is 281 g/mol. The van der Waals surface area contributed by atoms with Crippen molar-refractivity contribution in [1.29, 1.82) is 0 Å². The molecule has 2 aromatic carbocycles. The number of carbonyl (C=O) groups is 1. The van der Waals surface area contributed by atoms with Crippen LogP contribution in [0.1, 0.15) is 53.7 Å². The Morgan fingerprint density at radius 3 is 2.52 bits per heavy atom. The first-order chi connectivity index (χ1) is 10.0. The lowest BCUT2D eigenvalue weighted by atomic mass is 9.97. The SMILES string of the molecule is CCc1cccc(C(=O)Nc2ccc(C(C)C)c(C)c2)c1. The van der Waals surface area contributed by atoms with Gasteiger partial charge >= 0.3 is 0 Å². The summed E-state index contributed by atoms with van der Waals surface area (Å²) in [5.41, 5.74) is 5.27. The molecule has 0 radical (unpaired) electrons. The van der Waals surface area contributed by atoms with Gasteiger partial charge in [0, 0.05) is 11.3 Å². The molecule has 2 heteroatoms. The normalized spacial score (nSPS) is 10.7. The molecule has 2 rings (SSSR count). The van der Waals surface area contributed by atoms with Crippen LogP contribution < -0.4 is 5.32 Å². The number of anilines is 1. The van der Waals surface area contributed by atoms with E-state index in [1.807, 2.05) is 36.4 Å². The highest BCUT2D eigenvalue weighted by Crippen LogP contribution is 2.22. The van der Waals surface area contributed by atoms with E-state index in [1.165, 1.54) is 16.7 Å². The van der Waals surface area contributed by atoms with Gasteiger partial charge in [-0.05, 0) is 60.2 Å². The van der Waals surface area contributed by atoms with Gasteiger partial charge < -0.3 is 5.32 Å². The van der Waals surface area contributed by atoms with Crippen molar-refractivity contribution in [3.8, 4) is 0 Å². The Morgan fingerprint density at radius 1 is 1.14 bits per heavy atom. The molecule has 21 heavy (non-hydrogen) atoms. The minimum absolute atomic E-state index is 0.0537. The first-order valence-corrected chi connectivity index (χ1v) is 7.52. The first kappa shape index (κ1) is 15.3. The predicted molar refractivity (Wildman–Crippen MR) is 89.0 cm³/mol. The molecular weight excluding hydrogens is 258 g/mol. The molecule has 0 spiro atoms. The van der Waals surface area contributed by atoms with Crippen molar-refractivity contribution in [3.63, 3.8) is 0 Å². The van der Waals surface area contributed by atoms with E-state index in [9.17, 15) is 4.79 Å². The molecule has 110 valence electrons. The maximum Gasteiger partial charge on any atom is 0.255 e. The second kappa shape index (κ2) is 6.57. The maximum absolute atomic E-state index is 12.3. The zero-order valence-corrected chi connectivity index (χ0v) is 13.2. The van der Waals surface area contributed by atoms with E-state index in [2.05, 4.69) is 39.1 Å². The molecule has 2 nitrogen and oxygen atoms in total. The number of hydrogen-bond acceptors (Lipinski definition) is 1. The second-order valence-electron chi connectivity index (χ2n) is 5.73. The lowest BCUT2D eigenvalue weighted by Gasteiger charge is -2.12. The second-order valence-corrected chi connectivity index (χ2v) is 5.73. The molecule has 1 N–H and O–H groups in total. The summed E-state index contributed by atoms with van der Waals surface area (Å²) >= 11 is 0. The molecular formula is C19H23NO. The minimum Gasteiger partial charge on any atom is -0.322 e. The van der Waals surface area contributed by atoms with Crippen LogP contribution in [0, 0.1) is 6.92 Å². The Kier molecular flexibility index (Phi) is 4.79. The lowest BCUT2D eigenvalue weighted by molar-refractivity contribution is 0.102. The quantitative estimate of drug-likeness (QED) is 0.845. The molecule has 0 fully saturated rings. The molecule has 0 bridgehead atoms. The van der Waals surface area contributed by atoms with E-state index in [0.717, 1.165) is 12.1 Å². The van der Waals surface area contributed by atoms with Gasteiger partial charge in [0.1, 0.15) is 0 Å². The van der Waals surface area contributed by atoms with Gasteiger partial charge in [-0.2, -0.15) is 0 Å². The molecule has 1 amide bonds. The Morgan fingerprint density at radius 2 is 1.90 bits per heavy atom. The van der Waals surface area contributed by atoms with Crippen LogP contribution in [0.25, 0.3) is 0 Å². The Hall–Kier alpha value is -2.09. The highest BCUT2D eigenvalue weighted by molar-refractivity contribution is 6.04. The van der Waals surface area contributed by atoms with E-state index in [1.54, 1.807) is 0 Å². The molecule has 0 aromatic heterocycles. The lowest BCUT2D eigenvalue weighted by Crippen LogP contribution is -2.12. The molecule has 0 heterocycles. The van der Waals surface area contributed by atoms with Crippen LogP contribution in [-0.2, 0) is 6.42 Å². The summed E-state index contributed by atoms with van der Waals surface area (Å²) in [4.78, 5) is 12.3. The third-order valence-corrected chi connectivity index (χ3v) is 3.75. The van der Waals surface area contributed by atoms with Crippen molar-refractivity contribution in [2.24, 2.45) is 0 Å². The van der Waals surface area contributed by atoms with Gasteiger partial charge in [0.15, 0.2) is 0 Å². The Labute approximate surface area is 127 Å². The molecule has 0 saturated carbocycles. The molecule has 0 aliphatic heterocycles. The average Bonchev–Trinajstić information content (AvgIpc) is 2.47. The van der Waals surface area contributed by atoms with Crippen molar-refractivity contribution in [1.82, 2.24) is 0 Å². The van der Waals surface area contributed by atoms with E-state index < -0.39 is 0 Å². The van der Waals surface area contributed by atoms with Crippen LogP contribution in [0.2, 0.25) is 0 Å². The van der Waals surface area contributed by atoms with E-state index in [4.69, 9.17) is 0 Å². The highest BCUT2D eigenvalue weighted by atomic mass is 16.1. The summed E-state index contributed by atoms with van der Waals surface area (Å²) in [5, 5.41) is 2.98. The van der Waals surface area contributed by atoms with Gasteiger partial charge in [-0.15, -0.1) is 0 Å². The Balaban J connectivity index is 2.17. The molecule has 0 atom stereocenters. The summed E-state index contributed by atoms with van der Waals surface area (Å²) in [6.07, 6.45) is 0.934. The van der Waals surface area contributed by atoms with E-state index >= 15 is 0 Å². The number of amides is 1. The van der Waals surface area contributed by atoms with Gasteiger partial charge in [-0.25, -0.2) is 0 Å². The third-order valence-electron chi connectivity index (χ3n) is 3.75. The fourth-order valence-corrected chi connectivity index (χ4v) is 2.54. The first-order valence-electron chi connectivity index (χ1n) is 7.52. The van der Waals surface area contributed by atoms with Crippen molar-refractivity contribution in [3.05, 3.63) is 64.7 Å². The summed E-state index contributed by atoms with van der Waals surface area (Å²) < 4.78 is 0. The van der Waals surface area contributed by atoms with Gasteiger partial charge in [0.2, 0.25) is 0 Å². The van der Waals surface area contributed by atoms with Gasteiger partial charge in [-0.3, -0.25) is 4.79 Å². The van der Waals surface area contributed by atoms with Crippen LogP contribution in [-0.4, -0.2) is 5.91 Å². The van der Waals surface area contributed by atoms with Crippen molar-refractivity contribution < 1.29 is 4.79 Å². The summed E-state index contributed by atoms with van der Waals surface area (Å²) in [7, 11) is 0. The van der Waals surface area contributed by atoms with Crippen LogP contribution in [0.15, 0.2) is 42.5 Å². The van der Waals surface area contributed by atoms with Gasteiger partial charge in [0.25, 0.3) is 5.91 Å². The van der Waals surface area contributed by atoms with Crippen LogP contribution in [0.3, 0.4) is 0 Å². The summed E-state index contributed by atoms with van der Waals surface area (Å²) in [6, 6.07) is 13.9. The number of nitrogens with one attached hydrogen (secondary N) is 1. The third kappa shape index (κ3) is 3.72. The monoisotopic (exact) mass is 281 g/mol. The number of carbonyl (C=O) groups excluding carboxylic acids is 1. The zero-order chi connectivity index (χ0) is 15.4. The highest BCUT2D eigenvalue weighted by Gasteiger charge is 2.08. The number of rotatable bonds is 4. The smallest absolute Gasteiger partial charge is 0.255 e. The molecule has 0 saturated heterocycles. The minimum atomic E-state index is -0.0537. The summed E-state index contributed by atoms with van der Waals surface area (Å²) in [5.74, 6) is 0.443. The van der Waals surface area contributed by atoms with E-state index in [0.29, 0.717) is 11.5 Å². The van der Waals surface area contributed by atoms with Crippen LogP contribution >= 0.6 is 0 Å². The molecule has 0 unspecified atom stereocenters. The number of hydrogen-bond donors (Lipinski definition) is 1. The van der Waals surface area contributed by atoms with Crippen molar-refractivity contribution in [2.45, 2.75) is 40.0 Å². The fourth-order valence-electron chi connectivity index (χ4n) is 2.54. The number of benzene rings is 2. The predicted octanol–water partition coefficient (Wildman–Crippen LogP) is 4.93. The van der Waals surface area contributed by atoms with Gasteiger partial charge in [-0.1, -0.05) is 39.0 Å². The zero-order valence-electron chi connectivity index (χ0n) is 13.2. The molecule has 0 aliphatic rings. The fraction of sp³-hybridized carbons (Fsp3) is 0.316. The van der Waals surface area contributed by atoms with E-state index in [-0.39, 0.29) is 5.91 Å². The molecule has 2 aromatic rings. The van der Waals surface area contributed by atoms with Crippen molar-refractivity contribution >= 4 is 11.6 Å². The van der Waals surface area contributed by atoms with Crippen molar-refractivity contribution in [2.75, 3.05) is 5.32 Å². The maximum atomic E-state index is 12.3.